The van der Waals surface area contributed by atoms with E-state index in [4.69, 9.17) is 4.74 Å². The highest BCUT2D eigenvalue weighted by atomic mass is 16.5. The number of esters is 1. The van der Waals surface area contributed by atoms with Gasteiger partial charge in [-0.2, -0.15) is 0 Å². The summed E-state index contributed by atoms with van der Waals surface area (Å²) < 4.78 is 4.70. The van der Waals surface area contributed by atoms with Crippen molar-refractivity contribution in [1.29, 1.82) is 0 Å². The molecule has 1 unspecified atom stereocenters. The lowest BCUT2D eigenvalue weighted by Gasteiger charge is -2.36. The number of nitrogens with zero attached hydrogens (tertiary/aromatic N) is 1. The van der Waals surface area contributed by atoms with Crippen LogP contribution in [0.4, 0.5) is 0 Å². The van der Waals surface area contributed by atoms with Gasteiger partial charge in [0, 0.05) is 18.1 Å². The second kappa shape index (κ2) is 6.89. The summed E-state index contributed by atoms with van der Waals surface area (Å²) in [5, 5.41) is 3.20. The van der Waals surface area contributed by atoms with Gasteiger partial charge in [0.15, 0.2) is 0 Å². The number of nitrogens with one attached hydrogen (secondary N) is 1. The summed E-state index contributed by atoms with van der Waals surface area (Å²) in [7, 11) is 1.39. The average molecular weight is 270 g/mol. The van der Waals surface area contributed by atoms with Crippen LogP contribution in [0.3, 0.4) is 0 Å². The van der Waals surface area contributed by atoms with Gasteiger partial charge in [-0.15, -0.1) is 0 Å². The van der Waals surface area contributed by atoms with Crippen LogP contribution in [0.2, 0.25) is 0 Å². The van der Waals surface area contributed by atoms with Crippen molar-refractivity contribution in [3.63, 3.8) is 0 Å². The molecular weight excluding hydrogens is 244 g/mol. The van der Waals surface area contributed by atoms with Crippen LogP contribution in [-0.4, -0.2) is 48.6 Å². The fourth-order valence-corrected chi connectivity index (χ4v) is 2.26. The molecule has 0 saturated carbocycles. The third-order valence-corrected chi connectivity index (χ3v) is 3.35. The number of hydrogen-bond donors (Lipinski definition) is 1. The molecule has 0 aromatic heterocycles. The summed E-state index contributed by atoms with van der Waals surface area (Å²) in [6.07, 6.45) is 3.27. The molecule has 1 aliphatic heterocycles. The SMILES string of the molecule is COC(=O)CC1CCCCN1C(=O)CNC(C)(C)C. The van der Waals surface area contributed by atoms with Gasteiger partial charge in [0.1, 0.15) is 0 Å². The second-order valence-electron chi connectivity index (χ2n) is 6.12. The van der Waals surface area contributed by atoms with Crippen LogP contribution in [0.1, 0.15) is 46.5 Å². The smallest absolute Gasteiger partial charge is 0.307 e. The molecule has 0 bridgehead atoms. The quantitative estimate of drug-likeness (QED) is 0.783. The monoisotopic (exact) mass is 270 g/mol. The Morgan fingerprint density at radius 2 is 2.00 bits per heavy atom. The Morgan fingerprint density at radius 3 is 2.58 bits per heavy atom. The molecule has 110 valence electrons. The highest BCUT2D eigenvalue weighted by Gasteiger charge is 2.29. The first kappa shape index (κ1) is 16.0. The van der Waals surface area contributed by atoms with Crippen molar-refractivity contribution in [2.75, 3.05) is 20.2 Å². The van der Waals surface area contributed by atoms with E-state index in [0.29, 0.717) is 13.0 Å². The van der Waals surface area contributed by atoms with E-state index in [2.05, 4.69) is 5.32 Å². The average Bonchev–Trinajstić information content (AvgIpc) is 2.35. The minimum Gasteiger partial charge on any atom is -0.469 e. The minimum absolute atomic E-state index is 0.00420. The zero-order valence-corrected chi connectivity index (χ0v) is 12.5. The van der Waals surface area contributed by atoms with E-state index in [1.165, 1.54) is 7.11 Å². The number of carbonyl (C=O) groups is 2. The molecule has 0 aliphatic carbocycles. The molecule has 1 rings (SSSR count). The molecule has 5 heteroatoms. The van der Waals surface area contributed by atoms with Gasteiger partial charge < -0.3 is 15.0 Å². The first-order valence-corrected chi connectivity index (χ1v) is 6.95. The lowest BCUT2D eigenvalue weighted by molar-refractivity contribution is -0.144. The third-order valence-electron chi connectivity index (χ3n) is 3.35. The van der Waals surface area contributed by atoms with Crippen LogP contribution in [-0.2, 0) is 14.3 Å². The van der Waals surface area contributed by atoms with Crippen LogP contribution >= 0.6 is 0 Å². The van der Waals surface area contributed by atoms with Crippen molar-refractivity contribution < 1.29 is 14.3 Å². The van der Waals surface area contributed by atoms with Crippen molar-refractivity contribution in [3.8, 4) is 0 Å². The maximum Gasteiger partial charge on any atom is 0.307 e. The zero-order chi connectivity index (χ0) is 14.5. The third kappa shape index (κ3) is 5.59. The van der Waals surface area contributed by atoms with E-state index in [1.54, 1.807) is 0 Å². The van der Waals surface area contributed by atoms with Crippen LogP contribution in [0, 0.1) is 0 Å². The lowest BCUT2D eigenvalue weighted by Crippen LogP contribution is -2.50. The Labute approximate surface area is 115 Å². The number of carbonyl (C=O) groups excluding carboxylic acids is 2. The molecule has 1 N–H and O–H groups in total. The number of piperidine rings is 1. The van der Waals surface area contributed by atoms with E-state index in [-0.39, 0.29) is 23.5 Å². The predicted molar refractivity (Wildman–Crippen MR) is 73.7 cm³/mol. The molecule has 1 amide bonds. The van der Waals surface area contributed by atoms with Gasteiger partial charge in [0.05, 0.1) is 20.1 Å². The Morgan fingerprint density at radius 1 is 1.32 bits per heavy atom. The highest BCUT2D eigenvalue weighted by molar-refractivity contribution is 5.80. The fourth-order valence-electron chi connectivity index (χ4n) is 2.26. The summed E-state index contributed by atoms with van der Waals surface area (Å²) in [4.78, 5) is 25.5. The number of methoxy groups -OCH3 is 1. The van der Waals surface area contributed by atoms with Crippen LogP contribution < -0.4 is 5.32 Å². The summed E-state index contributed by atoms with van der Waals surface area (Å²) in [5.74, 6) is -0.169. The van der Waals surface area contributed by atoms with Crippen LogP contribution in [0.5, 0.6) is 0 Å². The van der Waals surface area contributed by atoms with Gasteiger partial charge in [-0.25, -0.2) is 0 Å². The molecule has 0 spiro atoms. The first-order chi connectivity index (χ1) is 8.83. The largest absolute Gasteiger partial charge is 0.469 e. The fraction of sp³-hybridized carbons (Fsp3) is 0.857. The zero-order valence-electron chi connectivity index (χ0n) is 12.5. The summed E-state index contributed by atoms with van der Waals surface area (Å²) in [5.41, 5.74) is -0.0801. The van der Waals surface area contributed by atoms with E-state index in [1.807, 2.05) is 25.7 Å². The molecule has 1 saturated heterocycles. The van der Waals surface area contributed by atoms with Gasteiger partial charge in [-0.05, 0) is 40.0 Å². The summed E-state index contributed by atoms with van der Waals surface area (Å²) in [6, 6.07) is -0.00420. The molecule has 5 nitrogen and oxygen atoms in total. The number of rotatable bonds is 4. The van der Waals surface area contributed by atoms with Crippen molar-refractivity contribution in [3.05, 3.63) is 0 Å². The molecule has 1 heterocycles. The summed E-state index contributed by atoms with van der Waals surface area (Å²) >= 11 is 0. The standard InChI is InChI=1S/C14H26N2O3/c1-14(2,3)15-10-12(17)16-8-6-5-7-11(16)9-13(18)19-4/h11,15H,5-10H2,1-4H3. The predicted octanol–water partition coefficient (Wildman–Crippen LogP) is 1.32. The molecule has 0 radical (unpaired) electrons. The Hall–Kier alpha value is -1.10. The topological polar surface area (TPSA) is 58.6 Å². The van der Waals surface area contributed by atoms with Crippen LogP contribution in [0.15, 0.2) is 0 Å². The number of amides is 1. The van der Waals surface area contributed by atoms with E-state index in [0.717, 1.165) is 25.8 Å². The molecule has 0 aromatic rings. The van der Waals surface area contributed by atoms with Crippen molar-refractivity contribution in [2.45, 2.75) is 58.0 Å². The highest BCUT2D eigenvalue weighted by Crippen LogP contribution is 2.20. The van der Waals surface area contributed by atoms with E-state index in [9.17, 15) is 9.59 Å². The van der Waals surface area contributed by atoms with Crippen molar-refractivity contribution in [1.82, 2.24) is 10.2 Å². The maximum absolute atomic E-state index is 12.2. The molecule has 1 atom stereocenters. The Kier molecular flexibility index (Phi) is 5.79. The first-order valence-electron chi connectivity index (χ1n) is 6.95. The lowest BCUT2D eigenvalue weighted by atomic mass is 9.99. The molecule has 19 heavy (non-hydrogen) atoms. The van der Waals surface area contributed by atoms with Gasteiger partial charge >= 0.3 is 5.97 Å². The molecule has 1 aliphatic rings. The van der Waals surface area contributed by atoms with E-state index >= 15 is 0 Å². The normalized spacial score (nSPS) is 20.2. The number of hydrogen-bond acceptors (Lipinski definition) is 4. The van der Waals surface area contributed by atoms with Gasteiger partial charge in [0.2, 0.25) is 5.91 Å². The Bertz CT molecular complexity index is 323. The minimum atomic E-state index is -0.242. The van der Waals surface area contributed by atoms with Crippen molar-refractivity contribution in [2.24, 2.45) is 0 Å². The van der Waals surface area contributed by atoms with Gasteiger partial charge in [0.25, 0.3) is 0 Å². The molecular formula is C14H26N2O3. The number of likely N-dealkylation sites (tertiary alicyclic amines) is 1. The number of ether oxygens (including phenoxy) is 1. The van der Waals surface area contributed by atoms with Gasteiger partial charge in [-0.3, -0.25) is 9.59 Å². The van der Waals surface area contributed by atoms with Crippen molar-refractivity contribution >= 4 is 11.9 Å². The molecule has 0 aromatic carbocycles. The van der Waals surface area contributed by atoms with Gasteiger partial charge in [-0.1, -0.05) is 0 Å². The maximum atomic E-state index is 12.2. The van der Waals surface area contributed by atoms with E-state index < -0.39 is 0 Å². The Balaban J connectivity index is 2.55. The second-order valence-corrected chi connectivity index (χ2v) is 6.12. The molecule has 1 fully saturated rings. The summed E-state index contributed by atoms with van der Waals surface area (Å²) in [6.45, 7) is 7.15. The van der Waals surface area contributed by atoms with Crippen LogP contribution in [0.25, 0.3) is 0 Å².